The molecule has 0 atom stereocenters. The number of urea groups is 1. The molecule has 0 saturated heterocycles. The van der Waals surface area contributed by atoms with Crippen LogP contribution in [0.25, 0.3) is 0 Å². The highest BCUT2D eigenvalue weighted by atomic mass is 19.1. The van der Waals surface area contributed by atoms with E-state index in [1.54, 1.807) is 12.1 Å². The van der Waals surface area contributed by atoms with Crippen LogP contribution in [0.2, 0.25) is 0 Å². The number of benzene rings is 1. The molecule has 0 aliphatic heterocycles. The number of amides is 3. The minimum Gasteiger partial charge on any atom is -0.467 e. The van der Waals surface area contributed by atoms with Crippen LogP contribution < -0.4 is 16.0 Å². The molecule has 0 saturated carbocycles. The van der Waals surface area contributed by atoms with Crippen LogP contribution in [0.5, 0.6) is 0 Å². The van der Waals surface area contributed by atoms with Gasteiger partial charge in [-0.1, -0.05) is 0 Å². The van der Waals surface area contributed by atoms with Crippen molar-refractivity contribution in [3.63, 3.8) is 0 Å². The molecule has 1 heterocycles. The van der Waals surface area contributed by atoms with Crippen molar-refractivity contribution >= 4 is 23.3 Å². The normalized spacial score (nSPS) is 10.0. The summed E-state index contributed by atoms with van der Waals surface area (Å²) in [6.45, 7) is 1.51. The Morgan fingerprint density at radius 3 is 2.71 bits per heavy atom. The van der Waals surface area contributed by atoms with Crippen LogP contribution in [-0.2, 0) is 11.3 Å². The molecule has 1 aromatic carbocycles. The quantitative estimate of drug-likeness (QED) is 0.809. The van der Waals surface area contributed by atoms with Crippen molar-refractivity contribution in [3.8, 4) is 0 Å². The molecule has 3 N–H and O–H groups in total. The summed E-state index contributed by atoms with van der Waals surface area (Å²) in [5.74, 6) is -0.358. The van der Waals surface area contributed by atoms with E-state index in [4.69, 9.17) is 4.42 Å². The van der Waals surface area contributed by atoms with E-state index in [0.717, 1.165) is 6.07 Å². The maximum Gasteiger partial charge on any atom is 0.319 e. The Kier molecular flexibility index (Phi) is 4.55. The molecule has 0 aliphatic rings. The molecule has 0 fully saturated rings. The molecule has 0 aliphatic carbocycles. The van der Waals surface area contributed by atoms with Gasteiger partial charge in [0.15, 0.2) is 0 Å². The number of halogens is 1. The van der Waals surface area contributed by atoms with E-state index in [2.05, 4.69) is 16.0 Å². The lowest BCUT2D eigenvalue weighted by Gasteiger charge is -2.09. The summed E-state index contributed by atoms with van der Waals surface area (Å²) in [6, 6.07) is 6.87. The van der Waals surface area contributed by atoms with Gasteiger partial charge in [0, 0.05) is 12.6 Å². The first-order chi connectivity index (χ1) is 10.0. The van der Waals surface area contributed by atoms with Gasteiger partial charge >= 0.3 is 6.03 Å². The summed E-state index contributed by atoms with van der Waals surface area (Å²) in [5.41, 5.74) is 0.364. The highest BCUT2D eigenvalue weighted by Crippen LogP contribution is 2.19. The fourth-order valence-corrected chi connectivity index (χ4v) is 1.64. The van der Waals surface area contributed by atoms with Gasteiger partial charge in [-0.25, -0.2) is 9.18 Å². The highest BCUT2D eigenvalue weighted by Gasteiger charge is 2.08. The van der Waals surface area contributed by atoms with Gasteiger partial charge in [-0.05, 0) is 30.3 Å². The lowest BCUT2D eigenvalue weighted by molar-refractivity contribution is -0.114. The van der Waals surface area contributed by atoms with Crippen LogP contribution in [0.4, 0.5) is 20.6 Å². The first kappa shape index (κ1) is 14.6. The molecule has 6 nitrogen and oxygen atoms in total. The predicted molar refractivity (Wildman–Crippen MR) is 75.3 cm³/mol. The Morgan fingerprint density at radius 2 is 2.05 bits per heavy atom. The van der Waals surface area contributed by atoms with Crippen molar-refractivity contribution in [1.82, 2.24) is 5.32 Å². The van der Waals surface area contributed by atoms with Crippen molar-refractivity contribution in [2.45, 2.75) is 13.5 Å². The summed E-state index contributed by atoms with van der Waals surface area (Å²) >= 11 is 0. The second kappa shape index (κ2) is 6.56. The van der Waals surface area contributed by atoms with E-state index >= 15 is 0 Å². The van der Waals surface area contributed by atoms with Gasteiger partial charge < -0.3 is 20.4 Å². The number of hydrogen-bond donors (Lipinski definition) is 3. The van der Waals surface area contributed by atoms with Gasteiger partial charge in [-0.2, -0.15) is 0 Å². The molecule has 7 heteroatoms. The third kappa shape index (κ3) is 4.34. The standard InChI is InChI=1S/C14H14FN3O3/c1-9(19)17-13-7-10(4-5-12(13)15)18-14(20)16-8-11-3-2-6-21-11/h2-7H,8H2,1H3,(H,17,19)(H2,16,18,20). The Balaban J connectivity index is 1.95. The fourth-order valence-electron chi connectivity index (χ4n) is 1.64. The third-order valence-corrected chi connectivity index (χ3v) is 2.54. The SMILES string of the molecule is CC(=O)Nc1cc(NC(=O)NCc2ccco2)ccc1F. The van der Waals surface area contributed by atoms with E-state index in [1.807, 2.05) is 0 Å². The van der Waals surface area contributed by atoms with Gasteiger partial charge in [-0.15, -0.1) is 0 Å². The fraction of sp³-hybridized carbons (Fsp3) is 0.143. The Hall–Kier alpha value is -2.83. The average molecular weight is 291 g/mol. The number of rotatable bonds is 4. The topological polar surface area (TPSA) is 83.4 Å². The lowest BCUT2D eigenvalue weighted by Crippen LogP contribution is -2.28. The Morgan fingerprint density at radius 1 is 1.24 bits per heavy atom. The van der Waals surface area contributed by atoms with Crippen molar-refractivity contribution < 1.29 is 18.4 Å². The zero-order valence-electron chi connectivity index (χ0n) is 11.3. The lowest BCUT2D eigenvalue weighted by atomic mass is 10.2. The number of furan rings is 1. The van der Waals surface area contributed by atoms with E-state index in [0.29, 0.717) is 11.4 Å². The van der Waals surface area contributed by atoms with E-state index in [1.165, 1.54) is 25.3 Å². The third-order valence-electron chi connectivity index (χ3n) is 2.54. The Labute approximate surface area is 120 Å². The van der Waals surface area contributed by atoms with Gasteiger partial charge in [-0.3, -0.25) is 4.79 Å². The summed E-state index contributed by atoms with van der Waals surface area (Å²) < 4.78 is 18.5. The molecule has 0 radical (unpaired) electrons. The molecule has 2 aromatic rings. The van der Waals surface area contributed by atoms with E-state index in [9.17, 15) is 14.0 Å². The predicted octanol–water partition coefficient (Wildman–Crippen LogP) is 2.70. The molecule has 21 heavy (non-hydrogen) atoms. The van der Waals surface area contributed by atoms with Gasteiger partial charge in [0.05, 0.1) is 18.5 Å². The molecule has 0 bridgehead atoms. The van der Waals surface area contributed by atoms with Crippen LogP contribution in [0.15, 0.2) is 41.0 Å². The number of hydrogen-bond acceptors (Lipinski definition) is 3. The highest BCUT2D eigenvalue weighted by molar-refractivity contribution is 5.92. The first-order valence-corrected chi connectivity index (χ1v) is 6.19. The van der Waals surface area contributed by atoms with Crippen molar-refractivity contribution in [2.24, 2.45) is 0 Å². The molecule has 110 valence electrons. The number of carbonyl (C=O) groups excluding carboxylic acids is 2. The smallest absolute Gasteiger partial charge is 0.319 e. The van der Waals surface area contributed by atoms with Gasteiger partial charge in [0.1, 0.15) is 11.6 Å². The molecule has 2 rings (SSSR count). The van der Waals surface area contributed by atoms with Crippen LogP contribution in [0.1, 0.15) is 12.7 Å². The minimum absolute atomic E-state index is 0.00587. The zero-order valence-corrected chi connectivity index (χ0v) is 11.3. The number of anilines is 2. The molecule has 0 unspecified atom stereocenters. The summed E-state index contributed by atoms with van der Waals surface area (Å²) in [5, 5.41) is 7.46. The van der Waals surface area contributed by atoms with Crippen LogP contribution >= 0.6 is 0 Å². The molecule has 3 amide bonds. The number of carbonyl (C=O) groups is 2. The second-order valence-electron chi connectivity index (χ2n) is 4.26. The summed E-state index contributed by atoms with van der Waals surface area (Å²) in [4.78, 5) is 22.6. The van der Waals surface area contributed by atoms with Crippen molar-refractivity contribution in [2.75, 3.05) is 10.6 Å². The Bertz CT molecular complexity index is 641. The second-order valence-corrected chi connectivity index (χ2v) is 4.26. The summed E-state index contributed by atoms with van der Waals surface area (Å²) in [7, 11) is 0. The maximum absolute atomic E-state index is 13.4. The zero-order chi connectivity index (χ0) is 15.2. The van der Waals surface area contributed by atoms with E-state index in [-0.39, 0.29) is 12.2 Å². The molecule has 1 aromatic heterocycles. The molecular weight excluding hydrogens is 277 g/mol. The first-order valence-electron chi connectivity index (χ1n) is 6.19. The monoisotopic (exact) mass is 291 g/mol. The van der Waals surface area contributed by atoms with E-state index < -0.39 is 17.8 Å². The van der Waals surface area contributed by atoms with Gasteiger partial charge in [0.25, 0.3) is 0 Å². The minimum atomic E-state index is -0.577. The van der Waals surface area contributed by atoms with Crippen LogP contribution in [0, 0.1) is 5.82 Å². The molecular formula is C14H14FN3O3. The van der Waals surface area contributed by atoms with Crippen molar-refractivity contribution in [1.29, 1.82) is 0 Å². The van der Waals surface area contributed by atoms with Crippen molar-refractivity contribution in [3.05, 3.63) is 48.2 Å². The maximum atomic E-state index is 13.4. The summed E-state index contributed by atoms with van der Waals surface area (Å²) in [6.07, 6.45) is 1.51. The molecule has 0 spiro atoms. The van der Waals surface area contributed by atoms with Gasteiger partial charge in [0.2, 0.25) is 5.91 Å². The number of nitrogens with one attached hydrogen (secondary N) is 3. The van der Waals surface area contributed by atoms with Crippen LogP contribution in [-0.4, -0.2) is 11.9 Å². The largest absolute Gasteiger partial charge is 0.467 e. The van der Waals surface area contributed by atoms with Crippen LogP contribution in [0.3, 0.4) is 0 Å². The average Bonchev–Trinajstić information content (AvgIpc) is 2.93.